The van der Waals surface area contributed by atoms with Crippen molar-refractivity contribution in [3.8, 4) is 0 Å². The summed E-state index contributed by atoms with van der Waals surface area (Å²) in [5.41, 5.74) is 0.740. The Balaban J connectivity index is 2.09. The minimum Gasteiger partial charge on any atom is -0.382 e. The van der Waals surface area contributed by atoms with Crippen molar-refractivity contribution in [2.75, 3.05) is 11.9 Å². The lowest BCUT2D eigenvalue weighted by Crippen LogP contribution is -2.13. The van der Waals surface area contributed by atoms with E-state index in [0.29, 0.717) is 18.2 Å². The van der Waals surface area contributed by atoms with Crippen molar-refractivity contribution >= 4 is 15.7 Å². The van der Waals surface area contributed by atoms with Crippen molar-refractivity contribution in [1.82, 2.24) is 0 Å². The number of rotatable bonds is 4. The Kier molecular flexibility index (Phi) is 3.38. The zero-order chi connectivity index (χ0) is 15.3. The summed E-state index contributed by atoms with van der Waals surface area (Å²) in [7, 11) is -3.87. The van der Waals surface area contributed by atoms with Gasteiger partial charge in [-0.1, -0.05) is 27.7 Å². The van der Waals surface area contributed by atoms with Crippen LogP contribution >= 0.6 is 0 Å². The molecule has 1 fully saturated rings. The van der Waals surface area contributed by atoms with Gasteiger partial charge in [-0.3, -0.25) is 0 Å². The summed E-state index contributed by atoms with van der Waals surface area (Å²) in [6.07, 6.45) is 0. The van der Waals surface area contributed by atoms with Gasteiger partial charge >= 0.3 is 0 Å². The summed E-state index contributed by atoms with van der Waals surface area (Å²) in [6, 6.07) is 3.67. The van der Waals surface area contributed by atoms with E-state index in [4.69, 9.17) is 5.14 Å². The van der Waals surface area contributed by atoms with Crippen LogP contribution in [0.3, 0.4) is 0 Å². The average molecular weight is 300 g/mol. The number of nitrogens with one attached hydrogen (secondary N) is 1. The van der Waals surface area contributed by atoms with Gasteiger partial charge in [-0.25, -0.2) is 17.9 Å². The maximum Gasteiger partial charge on any atom is 0.238 e. The second kappa shape index (κ2) is 4.43. The number of benzene rings is 1. The predicted octanol–water partition coefficient (Wildman–Crippen LogP) is 2.57. The number of sulfonamides is 1. The number of hydrogen-bond acceptors (Lipinski definition) is 3. The van der Waals surface area contributed by atoms with E-state index in [9.17, 15) is 12.8 Å². The molecular formula is C14H21FN2O2S. The maximum atomic E-state index is 13.9. The fourth-order valence-corrected chi connectivity index (χ4v) is 3.40. The van der Waals surface area contributed by atoms with Gasteiger partial charge in [0, 0.05) is 6.54 Å². The van der Waals surface area contributed by atoms with E-state index in [-0.39, 0.29) is 15.7 Å². The minimum absolute atomic E-state index is 0.215. The van der Waals surface area contributed by atoms with Gasteiger partial charge in [0.2, 0.25) is 10.0 Å². The van der Waals surface area contributed by atoms with Gasteiger partial charge in [0.05, 0.1) is 10.6 Å². The zero-order valence-corrected chi connectivity index (χ0v) is 13.0. The van der Waals surface area contributed by atoms with Crippen LogP contribution in [0.2, 0.25) is 0 Å². The van der Waals surface area contributed by atoms with Crippen LogP contribution in [0.1, 0.15) is 27.7 Å². The lowest BCUT2D eigenvalue weighted by molar-refractivity contribution is 0.457. The van der Waals surface area contributed by atoms with Crippen LogP contribution in [-0.4, -0.2) is 15.0 Å². The van der Waals surface area contributed by atoms with Gasteiger partial charge < -0.3 is 5.32 Å². The third-order valence-corrected chi connectivity index (χ3v) is 6.00. The molecule has 6 heteroatoms. The van der Waals surface area contributed by atoms with Crippen LogP contribution in [0.5, 0.6) is 0 Å². The van der Waals surface area contributed by atoms with Gasteiger partial charge in [-0.15, -0.1) is 0 Å². The molecular weight excluding hydrogens is 279 g/mol. The molecule has 112 valence electrons. The molecule has 20 heavy (non-hydrogen) atoms. The number of anilines is 1. The molecule has 0 heterocycles. The van der Waals surface area contributed by atoms with Crippen molar-refractivity contribution in [2.45, 2.75) is 32.6 Å². The van der Waals surface area contributed by atoms with E-state index in [2.05, 4.69) is 33.0 Å². The topological polar surface area (TPSA) is 72.2 Å². The lowest BCUT2D eigenvalue weighted by atomic mass is 10.0. The zero-order valence-electron chi connectivity index (χ0n) is 12.2. The van der Waals surface area contributed by atoms with Crippen molar-refractivity contribution < 1.29 is 12.8 Å². The van der Waals surface area contributed by atoms with Gasteiger partial charge in [0.15, 0.2) is 0 Å². The highest BCUT2D eigenvalue weighted by molar-refractivity contribution is 7.89. The number of primary sulfonamides is 1. The molecule has 0 saturated heterocycles. The van der Waals surface area contributed by atoms with Crippen molar-refractivity contribution in [3.05, 3.63) is 24.0 Å². The molecule has 1 saturated carbocycles. The Morgan fingerprint density at radius 1 is 1.25 bits per heavy atom. The number of halogens is 1. The van der Waals surface area contributed by atoms with Crippen LogP contribution in [0.4, 0.5) is 10.1 Å². The normalized spacial score (nSPS) is 20.7. The SMILES string of the molecule is CC1(C)C(CNc2ccc(S(N)(=O)=O)cc2F)C1(C)C. The molecule has 0 bridgehead atoms. The molecule has 2 rings (SSSR count). The smallest absolute Gasteiger partial charge is 0.238 e. The number of hydrogen-bond donors (Lipinski definition) is 2. The average Bonchev–Trinajstić information content (AvgIpc) is 2.67. The van der Waals surface area contributed by atoms with E-state index >= 15 is 0 Å². The van der Waals surface area contributed by atoms with E-state index < -0.39 is 15.8 Å². The molecule has 1 aromatic carbocycles. The van der Waals surface area contributed by atoms with Crippen LogP contribution in [0.15, 0.2) is 23.1 Å². The molecule has 0 radical (unpaired) electrons. The molecule has 3 N–H and O–H groups in total. The summed E-state index contributed by atoms with van der Waals surface area (Å²) in [5, 5.41) is 8.02. The van der Waals surface area contributed by atoms with E-state index in [0.717, 1.165) is 6.07 Å². The summed E-state index contributed by atoms with van der Waals surface area (Å²) in [4.78, 5) is -0.215. The molecule has 0 aromatic heterocycles. The first-order chi connectivity index (χ1) is 8.98. The Morgan fingerprint density at radius 3 is 2.20 bits per heavy atom. The first-order valence-corrected chi connectivity index (χ1v) is 8.09. The quantitative estimate of drug-likeness (QED) is 0.897. The second-order valence-corrected chi connectivity index (χ2v) is 8.12. The molecule has 0 spiro atoms. The fraction of sp³-hybridized carbons (Fsp3) is 0.571. The Bertz CT molecular complexity index is 625. The Labute approximate surface area is 119 Å². The standard InChI is InChI=1S/C14H21FN2O2S/c1-13(2)12(14(13,3)4)8-17-11-6-5-9(7-10(11)15)20(16,18)19/h5-7,12,17H,8H2,1-4H3,(H2,16,18,19). The summed E-state index contributed by atoms with van der Waals surface area (Å²) >= 11 is 0. The first kappa shape index (κ1) is 15.3. The minimum atomic E-state index is -3.87. The van der Waals surface area contributed by atoms with Gasteiger partial charge in [0.25, 0.3) is 0 Å². The second-order valence-electron chi connectivity index (χ2n) is 6.56. The van der Waals surface area contributed by atoms with Crippen molar-refractivity contribution in [3.63, 3.8) is 0 Å². The molecule has 0 unspecified atom stereocenters. The highest BCUT2D eigenvalue weighted by Crippen LogP contribution is 2.68. The van der Waals surface area contributed by atoms with E-state index in [1.807, 2.05) is 0 Å². The van der Waals surface area contributed by atoms with Gasteiger partial charge in [-0.2, -0.15) is 0 Å². The molecule has 1 aromatic rings. The summed E-state index contributed by atoms with van der Waals surface area (Å²) < 4.78 is 36.1. The fourth-order valence-electron chi connectivity index (χ4n) is 2.87. The monoisotopic (exact) mass is 300 g/mol. The maximum absolute atomic E-state index is 13.9. The van der Waals surface area contributed by atoms with Crippen molar-refractivity contribution in [1.29, 1.82) is 0 Å². The van der Waals surface area contributed by atoms with Gasteiger partial charge in [-0.05, 0) is 34.9 Å². The predicted molar refractivity (Wildman–Crippen MR) is 77.3 cm³/mol. The van der Waals surface area contributed by atoms with Crippen LogP contribution in [-0.2, 0) is 10.0 Å². The summed E-state index contributed by atoms with van der Waals surface area (Å²) in [6.45, 7) is 9.44. The molecule has 0 aliphatic heterocycles. The largest absolute Gasteiger partial charge is 0.382 e. The third-order valence-electron chi connectivity index (χ3n) is 5.09. The van der Waals surface area contributed by atoms with Gasteiger partial charge in [0.1, 0.15) is 5.82 Å². The third kappa shape index (κ3) is 2.42. The molecule has 1 aliphatic rings. The lowest BCUT2D eigenvalue weighted by Gasteiger charge is -2.09. The van der Waals surface area contributed by atoms with Crippen LogP contribution in [0, 0.1) is 22.6 Å². The van der Waals surface area contributed by atoms with Crippen molar-refractivity contribution in [2.24, 2.45) is 21.9 Å². The molecule has 1 aliphatic carbocycles. The van der Waals surface area contributed by atoms with Crippen LogP contribution in [0.25, 0.3) is 0 Å². The van der Waals surface area contributed by atoms with E-state index in [1.165, 1.54) is 12.1 Å². The highest BCUT2D eigenvalue weighted by Gasteiger charge is 2.64. The Hall–Kier alpha value is -1.14. The number of nitrogens with two attached hydrogens (primary N) is 1. The molecule has 0 atom stereocenters. The first-order valence-electron chi connectivity index (χ1n) is 6.54. The highest BCUT2D eigenvalue weighted by atomic mass is 32.2. The molecule has 4 nitrogen and oxygen atoms in total. The Morgan fingerprint density at radius 2 is 1.80 bits per heavy atom. The van der Waals surface area contributed by atoms with E-state index in [1.54, 1.807) is 0 Å². The molecule has 0 amide bonds. The summed E-state index contributed by atoms with van der Waals surface area (Å²) in [5.74, 6) is -0.153. The van der Waals surface area contributed by atoms with Crippen LogP contribution < -0.4 is 10.5 Å².